The number of para-hydroxylation sites is 1. The Labute approximate surface area is 152 Å². The fraction of sp³-hybridized carbons (Fsp3) is 0.235. The first-order valence-electron chi connectivity index (χ1n) is 7.89. The highest BCUT2D eigenvalue weighted by Crippen LogP contribution is 2.29. The highest BCUT2D eigenvalue weighted by atomic mass is 32.1. The molecule has 1 aromatic carbocycles. The van der Waals surface area contributed by atoms with Crippen LogP contribution >= 0.6 is 22.9 Å². The van der Waals surface area contributed by atoms with E-state index in [-0.39, 0.29) is 11.7 Å². The second-order valence-corrected chi connectivity index (χ2v) is 7.36. The highest BCUT2D eigenvalue weighted by molar-refractivity contribution is 7.14. The van der Waals surface area contributed by atoms with E-state index in [9.17, 15) is 9.18 Å². The average Bonchev–Trinajstić information content (AvgIpc) is 3.33. The SMILES string of the molecule is O=C(c1snnc1-c1cccs1)N1CCN(c2ccccc2F)CC1. The van der Waals surface area contributed by atoms with Crippen molar-refractivity contribution in [3.05, 3.63) is 52.5 Å². The van der Waals surface area contributed by atoms with Crippen molar-refractivity contribution in [3.8, 4) is 10.6 Å². The van der Waals surface area contributed by atoms with Crippen LogP contribution in [-0.4, -0.2) is 46.6 Å². The van der Waals surface area contributed by atoms with Crippen LogP contribution in [0.4, 0.5) is 10.1 Å². The van der Waals surface area contributed by atoms with Gasteiger partial charge in [-0.25, -0.2) is 4.39 Å². The van der Waals surface area contributed by atoms with Crippen LogP contribution in [0.15, 0.2) is 41.8 Å². The predicted octanol–water partition coefficient (Wildman–Crippen LogP) is 3.37. The van der Waals surface area contributed by atoms with Crippen LogP contribution in [0.5, 0.6) is 0 Å². The number of nitrogens with zero attached hydrogens (tertiary/aromatic N) is 4. The molecule has 4 rings (SSSR count). The van der Waals surface area contributed by atoms with Gasteiger partial charge in [0.2, 0.25) is 0 Å². The van der Waals surface area contributed by atoms with Crippen molar-refractivity contribution in [1.82, 2.24) is 14.5 Å². The number of amides is 1. The maximum absolute atomic E-state index is 13.9. The van der Waals surface area contributed by atoms with Crippen molar-refractivity contribution >= 4 is 34.5 Å². The molecule has 1 aliphatic heterocycles. The van der Waals surface area contributed by atoms with Crippen molar-refractivity contribution < 1.29 is 9.18 Å². The molecule has 0 radical (unpaired) electrons. The molecule has 1 amide bonds. The molecule has 1 aliphatic rings. The summed E-state index contributed by atoms with van der Waals surface area (Å²) < 4.78 is 17.9. The molecule has 0 bridgehead atoms. The summed E-state index contributed by atoms with van der Waals surface area (Å²) in [5.41, 5.74) is 1.25. The van der Waals surface area contributed by atoms with Crippen molar-refractivity contribution in [3.63, 3.8) is 0 Å². The minimum absolute atomic E-state index is 0.0495. The van der Waals surface area contributed by atoms with Crippen molar-refractivity contribution in [2.45, 2.75) is 0 Å². The van der Waals surface area contributed by atoms with Gasteiger partial charge in [0.25, 0.3) is 5.91 Å². The standard InChI is InChI=1S/C17H15FN4OS2/c18-12-4-1-2-5-13(12)21-7-9-22(10-8-21)17(23)16-15(19-20-25-16)14-6-3-11-24-14/h1-6,11H,7-10H2. The second-order valence-electron chi connectivity index (χ2n) is 5.66. The topological polar surface area (TPSA) is 49.3 Å². The predicted molar refractivity (Wildman–Crippen MR) is 97.7 cm³/mol. The Morgan fingerprint density at radius 1 is 1.08 bits per heavy atom. The highest BCUT2D eigenvalue weighted by Gasteiger charge is 2.27. The maximum Gasteiger partial charge on any atom is 0.268 e. The Bertz CT molecular complexity index is 872. The van der Waals surface area contributed by atoms with Crippen molar-refractivity contribution in [2.24, 2.45) is 0 Å². The molecule has 3 heterocycles. The Morgan fingerprint density at radius 3 is 2.60 bits per heavy atom. The van der Waals surface area contributed by atoms with Crippen molar-refractivity contribution in [1.29, 1.82) is 0 Å². The van der Waals surface area contributed by atoms with E-state index in [1.807, 2.05) is 28.5 Å². The molecule has 0 N–H and O–H groups in total. The molecule has 0 saturated carbocycles. The Hall–Kier alpha value is -2.32. The average molecular weight is 374 g/mol. The summed E-state index contributed by atoms with van der Waals surface area (Å²) in [6.45, 7) is 2.31. The van der Waals surface area contributed by atoms with Crippen LogP contribution < -0.4 is 4.90 Å². The number of hydrogen-bond donors (Lipinski definition) is 0. The molecule has 0 atom stereocenters. The number of carbonyl (C=O) groups is 1. The van der Waals surface area contributed by atoms with Gasteiger partial charge in [0.1, 0.15) is 16.4 Å². The fourth-order valence-corrected chi connectivity index (χ4v) is 4.34. The summed E-state index contributed by atoms with van der Waals surface area (Å²) in [5.74, 6) is -0.277. The molecule has 0 aliphatic carbocycles. The first kappa shape index (κ1) is 16.2. The van der Waals surface area contributed by atoms with Crippen LogP contribution in [0.1, 0.15) is 9.67 Å². The van der Waals surface area contributed by atoms with E-state index >= 15 is 0 Å². The minimum Gasteiger partial charge on any atom is -0.366 e. The second kappa shape index (κ2) is 6.89. The summed E-state index contributed by atoms with van der Waals surface area (Å²) in [7, 11) is 0. The number of rotatable bonds is 3. The van der Waals surface area contributed by atoms with Gasteiger partial charge < -0.3 is 9.80 Å². The first-order valence-corrected chi connectivity index (χ1v) is 9.54. The van der Waals surface area contributed by atoms with E-state index in [1.54, 1.807) is 28.4 Å². The van der Waals surface area contributed by atoms with Crippen LogP contribution in [0, 0.1) is 5.82 Å². The van der Waals surface area contributed by atoms with Gasteiger partial charge in [-0.3, -0.25) is 4.79 Å². The molecule has 5 nitrogen and oxygen atoms in total. The molecular formula is C17H15FN4OS2. The van der Waals surface area contributed by atoms with E-state index in [0.29, 0.717) is 42.4 Å². The largest absolute Gasteiger partial charge is 0.366 e. The zero-order chi connectivity index (χ0) is 17.2. The van der Waals surface area contributed by atoms with Gasteiger partial charge >= 0.3 is 0 Å². The molecule has 1 fully saturated rings. The summed E-state index contributed by atoms with van der Waals surface area (Å²) in [5, 5.41) is 6.07. The summed E-state index contributed by atoms with van der Waals surface area (Å²) in [4.78, 5) is 18.1. The molecule has 2 aromatic heterocycles. The number of halogens is 1. The lowest BCUT2D eigenvalue weighted by atomic mass is 10.2. The number of piperazine rings is 1. The van der Waals surface area contributed by atoms with Gasteiger partial charge in [-0.15, -0.1) is 16.4 Å². The van der Waals surface area contributed by atoms with E-state index < -0.39 is 0 Å². The van der Waals surface area contributed by atoms with Gasteiger partial charge in [0.05, 0.1) is 10.6 Å². The van der Waals surface area contributed by atoms with Gasteiger partial charge in [-0.1, -0.05) is 22.7 Å². The molecular weight excluding hydrogens is 359 g/mol. The summed E-state index contributed by atoms with van der Waals surface area (Å²) >= 11 is 2.67. The quantitative estimate of drug-likeness (QED) is 0.705. The monoisotopic (exact) mass is 374 g/mol. The number of aromatic nitrogens is 2. The third kappa shape index (κ3) is 3.14. The van der Waals surface area contributed by atoms with Crippen LogP contribution in [0.2, 0.25) is 0 Å². The van der Waals surface area contributed by atoms with E-state index in [2.05, 4.69) is 9.59 Å². The molecule has 25 heavy (non-hydrogen) atoms. The summed E-state index contributed by atoms with van der Waals surface area (Å²) in [6.07, 6.45) is 0. The number of anilines is 1. The zero-order valence-electron chi connectivity index (χ0n) is 13.3. The normalized spacial score (nSPS) is 14.8. The fourth-order valence-electron chi connectivity index (χ4n) is 2.91. The van der Waals surface area contributed by atoms with E-state index in [1.165, 1.54) is 6.07 Å². The van der Waals surface area contributed by atoms with E-state index in [0.717, 1.165) is 16.4 Å². The lowest BCUT2D eigenvalue weighted by Crippen LogP contribution is -2.49. The number of benzene rings is 1. The smallest absolute Gasteiger partial charge is 0.268 e. The zero-order valence-corrected chi connectivity index (χ0v) is 14.9. The van der Waals surface area contributed by atoms with Gasteiger partial charge in [0.15, 0.2) is 0 Å². The Balaban J connectivity index is 1.48. The first-order chi connectivity index (χ1) is 12.2. The van der Waals surface area contributed by atoms with Crippen LogP contribution in [0.3, 0.4) is 0 Å². The third-order valence-corrected chi connectivity index (χ3v) is 5.79. The Kier molecular flexibility index (Phi) is 4.46. The van der Waals surface area contributed by atoms with E-state index in [4.69, 9.17) is 0 Å². The molecule has 0 unspecified atom stereocenters. The third-order valence-electron chi connectivity index (χ3n) is 4.20. The molecule has 128 valence electrons. The molecule has 3 aromatic rings. The van der Waals surface area contributed by atoms with Gasteiger partial charge in [-0.05, 0) is 35.1 Å². The van der Waals surface area contributed by atoms with Gasteiger partial charge in [-0.2, -0.15) is 0 Å². The Morgan fingerprint density at radius 2 is 1.88 bits per heavy atom. The molecule has 8 heteroatoms. The van der Waals surface area contributed by atoms with Gasteiger partial charge in [0, 0.05) is 26.2 Å². The number of hydrogen-bond acceptors (Lipinski definition) is 6. The molecule has 0 spiro atoms. The minimum atomic E-state index is -0.228. The lowest BCUT2D eigenvalue weighted by Gasteiger charge is -2.36. The van der Waals surface area contributed by atoms with Crippen LogP contribution in [0.25, 0.3) is 10.6 Å². The number of thiophene rings is 1. The maximum atomic E-state index is 13.9. The van der Waals surface area contributed by atoms with Crippen LogP contribution in [-0.2, 0) is 0 Å². The van der Waals surface area contributed by atoms with Crippen molar-refractivity contribution in [2.75, 3.05) is 31.1 Å². The summed E-state index contributed by atoms with van der Waals surface area (Å²) in [6, 6.07) is 10.6. The molecule has 1 saturated heterocycles. The number of carbonyl (C=O) groups excluding carboxylic acids is 1. The lowest BCUT2D eigenvalue weighted by molar-refractivity contribution is 0.0752.